The number of methoxy groups -OCH3 is 1. The summed E-state index contributed by atoms with van der Waals surface area (Å²) < 4.78 is 28.9. The van der Waals surface area contributed by atoms with E-state index in [0.29, 0.717) is 30.3 Å². The summed E-state index contributed by atoms with van der Waals surface area (Å²) in [6.07, 6.45) is 7.97. The van der Waals surface area contributed by atoms with Crippen LogP contribution in [-0.2, 0) is 77.3 Å². The van der Waals surface area contributed by atoms with Gasteiger partial charge in [-0.2, -0.15) is 0 Å². The van der Waals surface area contributed by atoms with Crippen molar-refractivity contribution in [3.63, 3.8) is 0 Å². The van der Waals surface area contributed by atoms with E-state index < -0.39 is 16.1 Å². The van der Waals surface area contributed by atoms with Gasteiger partial charge in [-0.3, -0.25) is 24.0 Å². The monoisotopic (exact) mass is 1670 g/mol. The second kappa shape index (κ2) is 68.2. The third-order valence-corrected chi connectivity index (χ3v) is 22.4. The molecule has 0 atom stereocenters. The molecule has 2 N–H and O–H groups in total. The number of hydrogen-bond acceptors (Lipinski definition) is 14. The van der Waals surface area contributed by atoms with Gasteiger partial charge in [0.1, 0.15) is 37.0 Å². The number of rotatable bonds is 17. The van der Waals surface area contributed by atoms with Gasteiger partial charge < -0.3 is 44.0 Å². The van der Waals surface area contributed by atoms with E-state index in [2.05, 4.69) is 286 Å². The lowest BCUT2D eigenvalue weighted by molar-refractivity contribution is -0.152. The van der Waals surface area contributed by atoms with Gasteiger partial charge in [-0.15, -0.1) is 0 Å². The Kier molecular flexibility index (Phi) is 67.5. The summed E-state index contributed by atoms with van der Waals surface area (Å²) in [6.45, 7) is 63.8. The molecule has 8 aromatic rings. The van der Waals surface area contributed by atoms with Gasteiger partial charge in [-0.05, 0) is 151 Å². The van der Waals surface area contributed by atoms with Crippen LogP contribution in [-0.4, -0.2) is 96.7 Å². The first-order valence-electron chi connectivity index (χ1n) is 41.8. The lowest BCUT2D eigenvalue weighted by Gasteiger charge is -2.32. The lowest BCUT2D eigenvalue weighted by atomic mass is 9.71. The van der Waals surface area contributed by atoms with Crippen molar-refractivity contribution in [2.24, 2.45) is 5.41 Å². The highest BCUT2D eigenvalue weighted by atomic mass is 28.3. The Morgan fingerprint density at radius 2 is 0.723 bits per heavy atom. The maximum absolute atomic E-state index is 11.0. The van der Waals surface area contributed by atoms with E-state index in [-0.39, 0.29) is 59.2 Å². The number of carbonyl (C=O) groups excluding carboxylic acids is 6. The van der Waals surface area contributed by atoms with Crippen LogP contribution in [0.15, 0.2) is 224 Å². The minimum Gasteiger partial charge on any atom is -0.497 e. The van der Waals surface area contributed by atoms with E-state index in [9.17, 15) is 28.8 Å². The van der Waals surface area contributed by atoms with Crippen molar-refractivity contribution in [2.45, 2.75) is 279 Å². The van der Waals surface area contributed by atoms with Crippen LogP contribution in [0.5, 0.6) is 5.75 Å². The summed E-state index contributed by atoms with van der Waals surface area (Å²) >= 11 is 0. The standard InChI is InChI=1S/C20H18.C16H14O2.C9H10O2.C9H12O.C8H10.C7H16O2Si.C7H18Si.C6H12O2.C5H12.C4H7NO2.C4H9N.C3H6O.C3H8.C2H6/c1-20(17-11-5-2-6-12-17,18-13-7-3-8-14-18)19-15-9-4-10-16-19;1-11(17)18-10-16-14-8-4-2-6-12(14)13-7-3-5-9-15(13)16;1-8(10)11-7-9-5-3-2-4-6-9;1-3-8-4-6-9(10-2)7-5-8;1-2-8-6-4-3-5-7-8;1-7(8)9-5-6-10(2,3)4;1-7(2,3)8(4,5)6;1-5(7)8-6(2,3)4;1-5(2,3)4;1-4(6)7-3-2-5;1-2-3-4-5;1-3(2)4;1-3-2;1-2/h2-16H,1H3;2-9,16H,10H2,1H3;2-6H,7H2,1H3;4-7H,3H2,1-2H3;3-7H,2H2,1H3;5-6H2,1-4H3;1-6H3;1-4H3;1-4H3;2,5H,3H2,1H3;4-5H,2-3H2,1H3;1-2H3;3H2,1-2H3;1-2H3. The molecule has 0 amide bonds. The van der Waals surface area contributed by atoms with Crippen molar-refractivity contribution in [2.75, 3.05) is 26.9 Å². The van der Waals surface area contributed by atoms with E-state index in [4.69, 9.17) is 34.5 Å². The van der Waals surface area contributed by atoms with Gasteiger partial charge in [0.05, 0.1) is 13.7 Å². The van der Waals surface area contributed by atoms with Gasteiger partial charge >= 0.3 is 29.8 Å². The number of benzene rings is 8. The Bertz CT molecular complexity index is 3710. The normalized spacial score (nSPS) is 10.4. The van der Waals surface area contributed by atoms with Crippen LogP contribution >= 0.6 is 0 Å². The molecule has 0 spiro atoms. The Morgan fingerprint density at radius 3 is 0.958 bits per heavy atom. The summed E-state index contributed by atoms with van der Waals surface area (Å²) in [5.74, 6) is 0.0588. The van der Waals surface area contributed by atoms with Crippen molar-refractivity contribution < 1.29 is 57.2 Å². The van der Waals surface area contributed by atoms with Crippen molar-refractivity contribution in [3.05, 3.63) is 269 Å². The molecule has 0 bridgehead atoms. The van der Waals surface area contributed by atoms with E-state index in [1.807, 2.05) is 107 Å². The Labute approximate surface area is 725 Å². The van der Waals surface area contributed by atoms with Crippen molar-refractivity contribution in [1.29, 1.82) is 10.8 Å². The maximum atomic E-state index is 11.0. The topological polar surface area (TPSA) is 205 Å². The molecule has 1 aliphatic carbocycles. The van der Waals surface area contributed by atoms with Crippen LogP contribution in [0.3, 0.4) is 0 Å². The molecular formula is C103H158N2O12Si2. The van der Waals surface area contributed by atoms with Crippen LogP contribution < -0.4 is 4.74 Å². The maximum Gasteiger partial charge on any atom is 0.303 e. The minimum absolute atomic E-state index is 0.0926. The van der Waals surface area contributed by atoms with Crippen molar-refractivity contribution in [3.8, 4) is 16.9 Å². The number of Topliss-reactive ketones (excluding diaryl/α,β-unsaturated/α-hetero) is 1. The van der Waals surface area contributed by atoms with Crippen LogP contribution in [0.4, 0.5) is 0 Å². The molecule has 660 valence electrons. The fraction of sp³-hybridized carbons (Fsp3) is 0.456. The highest BCUT2D eigenvalue weighted by molar-refractivity contribution is 6.78. The first-order chi connectivity index (χ1) is 55.6. The third-order valence-electron chi connectivity index (χ3n) is 16.2. The number of ether oxygens (including phenoxy) is 6. The fourth-order valence-corrected chi connectivity index (χ4v) is 9.74. The molecule has 0 heterocycles. The quantitative estimate of drug-likeness (QED) is 0.0287. The van der Waals surface area contributed by atoms with Crippen LogP contribution in [0.2, 0.25) is 50.4 Å². The molecule has 1 aliphatic rings. The summed E-state index contributed by atoms with van der Waals surface area (Å²) in [4.78, 5) is 61.3. The number of ketones is 1. The van der Waals surface area contributed by atoms with Gasteiger partial charge in [-0.25, -0.2) is 0 Å². The zero-order valence-corrected chi connectivity index (χ0v) is 81.6. The molecular weight excluding hydrogens is 1510 g/mol. The molecule has 16 heteroatoms. The molecule has 0 saturated carbocycles. The Hall–Kier alpha value is -9.65. The molecule has 0 aromatic heterocycles. The van der Waals surface area contributed by atoms with E-state index in [1.54, 1.807) is 7.11 Å². The summed E-state index contributed by atoms with van der Waals surface area (Å²) in [5, 5.41) is 13.4. The number of carbonyl (C=O) groups is 6. The predicted molar refractivity (Wildman–Crippen MR) is 513 cm³/mol. The Balaban J connectivity index is -0.000000407. The first kappa shape index (κ1) is 118. The van der Waals surface area contributed by atoms with Gasteiger partial charge in [0, 0.05) is 68.3 Å². The summed E-state index contributed by atoms with van der Waals surface area (Å²) in [5.41, 5.74) is 12.8. The van der Waals surface area contributed by atoms with Gasteiger partial charge in [-0.1, -0.05) is 361 Å². The molecule has 0 radical (unpaired) electrons. The largest absolute Gasteiger partial charge is 0.497 e. The SMILES string of the molecule is CC.CC(=O)OC(C)(C)C.CC(=O)OCC1c2ccccc2-c2ccccc21.CC(=O)OCC=N.CC(=O)OCC[Si](C)(C)C.CC(=O)OCc1ccccc1.CC(C)(C)C.CC(C)(C)[Si](C)(C)C.CC(C)=O.CC(c1ccccc1)(c1ccccc1)c1ccccc1.CCC.CCCC=N.CCc1ccc(OC)cc1.CCc1ccccc1. The molecule has 14 nitrogen and oxygen atoms in total. The van der Waals surface area contributed by atoms with E-state index in [0.717, 1.165) is 49.3 Å². The van der Waals surface area contributed by atoms with Gasteiger partial charge in [0.2, 0.25) is 0 Å². The molecule has 0 fully saturated rings. The highest BCUT2D eigenvalue weighted by Gasteiger charge is 2.32. The highest BCUT2D eigenvalue weighted by Crippen LogP contribution is 2.45. The zero-order valence-electron chi connectivity index (χ0n) is 79.6. The second-order valence-electron chi connectivity index (χ2n) is 33.5. The predicted octanol–water partition coefficient (Wildman–Crippen LogP) is 27.7. The number of hydrogen-bond donors (Lipinski definition) is 2. The molecule has 9 rings (SSSR count). The molecule has 0 saturated heterocycles. The first-order valence-corrected chi connectivity index (χ1v) is 49.0. The fourth-order valence-electron chi connectivity index (χ4n) is 9.02. The van der Waals surface area contributed by atoms with Gasteiger partial charge in [0.15, 0.2) is 0 Å². The number of fused-ring (bicyclic) bond motifs is 3. The van der Waals surface area contributed by atoms with Crippen LogP contribution in [0.1, 0.15) is 243 Å². The number of unbranched alkanes of at least 4 members (excludes halogenated alkanes) is 1. The van der Waals surface area contributed by atoms with E-state index >= 15 is 0 Å². The average Bonchev–Trinajstić information content (AvgIpc) is 1.73. The molecule has 119 heavy (non-hydrogen) atoms. The van der Waals surface area contributed by atoms with Crippen molar-refractivity contribution >= 4 is 64.2 Å². The number of esters is 5. The molecule has 8 aromatic carbocycles. The Morgan fingerprint density at radius 1 is 0.412 bits per heavy atom. The number of aryl methyl sites for hydroxylation is 2. The van der Waals surface area contributed by atoms with E-state index in [1.165, 1.54) is 111 Å². The summed E-state index contributed by atoms with van der Waals surface area (Å²) in [7, 11) is -0.179. The molecule has 0 aliphatic heterocycles. The molecule has 0 unspecified atom stereocenters. The third kappa shape index (κ3) is 66.9. The second-order valence-corrected chi connectivity index (χ2v) is 45.2. The average molecular weight is 1670 g/mol. The number of nitrogens with one attached hydrogen (secondary N) is 2. The lowest BCUT2D eigenvalue weighted by Crippen LogP contribution is -2.32. The smallest absolute Gasteiger partial charge is 0.303 e. The van der Waals surface area contributed by atoms with Crippen LogP contribution in [0.25, 0.3) is 11.1 Å². The zero-order chi connectivity index (χ0) is 92.3. The summed E-state index contributed by atoms with van der Waals surface area (Å²) in [6, 6.07) is 78.0. The minimum atomic E-state index is -1.00. The van der Waals surface area contributed by atoms with Crippen molar-refractivity contribution in [1.82, 2.24) is 0 Å². The van der Waals surface area contributed by atoms with Gasteiger partial charge in [0.25, 0.3) is 0 Å². The van der Waals surface area contributed by atoms with Crippen LogP contribution in [0, 0.1) is 16.2 Å².